The van der Waals surface area contributed by atoms with Crippen LogP contribution in [0.2, 0.25) is 0 Å². The first-order valence-electron chi connectivity index (χ1n) is 8.72. The van der Waals surface area contributed by atoms with Crippen LogP contribution in [0.15, 0.2) is 29.6 Å². The fourth-order valence-corrected chi connectivity index (χ4v) is 3.55. The van der Waals surface area contributed by atoms with E-state index in [-0.39, 0.29) is 42.5 Å². The van der Waals surface area contributed by atoms with E-state index in [0.717, 1.165) is 42.8 Å². The van der Waals surface area contributed by atoms with Crippen LogP contribution in [0.4, 0.5) is 4.39 Å². The van der Waals surface area contributed by atoms with Crippen molar-refractivity contribution in [3.8, 4) is 0 Å². The minimum atomic E-state index is -0.359. The lowest BCUT2D eigenvalue weighted by Crippen LogP contribution is -2.44. The van der Waals surface area contributed by atoms with E-state index in [9.17, 15) is 14.0 Å². The Morgan fingerprint density at radius 2 is 1.92 bits per heavy atom. The summed E-state index contributed by atoms with van der Waals surface area (Å²) in [4.78, 5) is 26.5. The van der Waals surface area contributed by atoms with E-state index in [1.807, 2.05) is 0 Å². The third-order valence-corrected chi connectivity index (χ3v) is 4.96. The molecule has 2 aromatic rings. The van der Waals surface area contributed by atoms with Gasteiger partial charge < -0.3 is 10.2 Å². The van der Waals surface area contributed by atoms with Gasteiger partial charge in [-0.05, 0) is 42.1 Å². The second kappa shape index (κ2) is 8.84. The molecular weight excluding hydrogens is 355 g/mol. The Morgan fingerprint density at radius 1 is 1.19 bits per heavy atom. The SMILES string of the molecule is O=C(CN(Cc1ccc(F)cc1)C(=O)c1csnn1)NC1CCCCC1. The van der Waals surface area contributed by atoms with Gasteiger partial charge in [0, 0.05) is 18.0 Å². The number of hydrogen-bond acceptors (Lipinski definition) is 5. The molecule has 0 bridgehead atoms. The van der Waals surface area contributed by atoms with E-state index in [0.29, 0.717) is 0 Å². The Hall–Kier alpha value is -2.35. The van der Waals surface area contributed by atoms with Crippen molar-refractivity contribution in [2.75, 3.05) is 6.54 Å². The number of amides is 2. The van der Waals surface area contributed by atoms with Gasteiger partial charge in [-0.15, -0.1) is 5.10 Å². The number of benzene rings is 1. The quantitative estimate of drug-likeness (QED) is 0.841. The summed E-state index contributed by atoms with van der Waals surface area (Å²) in [5.74, 6) is -0.886. The summed E-state index contributed by atoms with van der Waals surface area (Å²) in [6, 6.07) is 6.07. The molecule has 0 spiro atoms. The van der Waals surface area contributed by atoms with Crippen LogP contribution >= 0.6 is 11.5 Å². The molecule has 26 heavy (non-hydrogen) atoms. The van der Waals surface area contributed by atoms with Gasteiger partial charge in [0.05, 0.1) is 0 Å². The van der Waals surface area contributed by atoms with Crippen LogP contribution in [0, 0.1) is 5.82 Å². The van der Waals surface area contributed by atoms with E-state index < -0.39 is 0 Å². The van der Waals surface area contributed by atoms with Gasteiger partial charge in [-0.1, -0.05) is 35.9 Å². The highest BCUT2D eigenvalue weighted by Crippen LogP contribution is 2.17. The molecule has 138 valence electrons. The molecular formula is C18H21FN4O2S. The third kappa shape index (κ3) is 5.08. The number of hydrogen-bond donors (Lipinski definition) is 1. The third-order valence-electron chi connectivity index (χ3n) is 4.46. The minimum Gasteiger partial charge on any atom is -0.352 e. The molecule has 6 nitrogen and oxygen atoms in total. The zero-order chi connectivity index (χ0) is 18.4. The van der Waals surface area contributed by atoms with E-state index in [4.69, 9.17) is 0 Å². The van der Waals surface area contributed by atoms with Crippen LogP contribution in [0.1, 0.15) is 48.2 Å². The van der Waals surface area contributed by atoms with E-state index in [2.05, 4.69) is 14.9 Å². The fourth-order valence-electron chi connectivity index (χ4n) is 3.12. The number of rotatable bonds is 6. The van der Waals surface area contributed by atoms with Crippen LogP contribution in [-0.2, 0) is 11.3 Å². The molecule has 2 amide bonds. The van der Waals surface area contributed by atoms with Crippen LogP contribution < -0.4 is 5.32 Å². The number of aromatic nitrogens is 2. The first-order valence-corrected chi connectivity index (χ1v) is 9.55. The van der Waals surface area contributed by atoms with E-state index in [1.54, 1.807) is 17.5 Å². The number of halogens is 1. The average molecular weight is 376 g/mol. The standard InChI is InChI=1S/C18H21FN4O2S/c19-14-8-6-13(7-9-14)10-23(18(25)16-12-26-22-21-16)11-17(24)20-15-4-2-1-3-5-15/h6-9,12,15H,1-5,10-11H2,(H,20,24). The number of nitrogens with one attached hydrogen (secondary N) is 1. The van der Waals surface area contributed by atoms with Crippen molar-refractivity contribution in [1.82, 2.24) is 19.8 Å². The van der Waals surface area contributed by atoms with Crippen molar-refractivity contribution in [2.45, 2.75) is 44.7 Å². The normalized spacial score (nSPS) is 14.8. The van der Waals surface area contributed by atoms with Gasteiger partial charge in [-0.2, -0.15) is 0 Å². The molecule has 1 aliphatic carbocycles. The van der Waals surface area contributed by atoms with Crippen LogP contribution in [-0.4, -0.2) is 38.9 Å². The smallest absolute Gasteiger partial charge is 0.276 e. The molecule has 0 unspecified atom stereocenters. The highest BCUT2D eigenvalue weighted by Gasteiger charge is 2.23. The fraction of sp³-hybridized carbons (Fsp3) is 0.444. The molecule has 1 N–H and O–H groups in total. The first-order chi connectivity index (χ1) is 12.6. The molecule has 1 aliphatic rings. The van der Waals surface area contributed by atoms with Gasteiger partial charge in [0.25, 0.3) is 5.91 Å². The largest absolute Gasteiger partial charge is 0.352 e. The first kappa shape index (κ1) is 18.4. The Balaban J connectivity index is 1.68. The lowest BCUT2D eigenvalue weighted by molar-refractivity contribution is -0.122. The zero-order valence-corrected chi connectivity index (χ0v) is 15.2. The molecule has 0 saturated heterocycles. The van der Waals surface area contributed by atoms with Gasteiger partial charge in [0.2, 0.25) is 5.91 Å². The Labute approximate surface area is 155 Å². The number of carbonyl (C=O) groups excluding carboxylic acids is 2. The molecule has 0 atom stereocenters. The summed E-state index contributed by atoms with van der Waals surface area (Å²) in [5, 5.41) is 8.37. The van der Waals surface area contributed by atoms with Crippen LogP contribution in [0.3, 0.4) is 0 Å². The Bertz CT molecular complexity index is 730. The lowest BCUT2D eigenvalue weighted by Gasteiger charge is -2.26. The maximum Gasteiger partial charge on any atom is 0.276 e. The van der Waals surface area contributed by atoms with Gasteiger partial charge in [-0.3, -0.25) is 9.59 Å². The maximum atomic E-state index is 13.1. The number of carbonyl (C=O) groups is 2. The van der Waals surface area contributed by atoms with Crippen molar-refractivity contribution in [2.24, 2.45) is 0 Å². The Kier molecular flexibility index (Phi) is 6.27. The predicted octanol–water partition coefficient (Wildman–Crippen LogP) is 2.77. The van der Waals surface area contributed by atoms with Gasteiger partial charge in [-0.25, -0.2) is 4.39 Å². The maximum absolute atomic E-state index is 13.1. The van der Waals surface area contributed by atoms with Gasteiger partial charge in [0.1, 0.15) is 12.4 Å². The molecule has 1 saturated carbocycles. The highest BCUT2D eigenvalue weighted by atomic mass is 32.1. The Morgan fingerprint density at radius 3 is 2.58 bits per heavy atom. The van der Waals surface area contributed by atoms with E-state index in [1.165, 1.54) is 23.5 Å². The summed E-state index contributed by atoms with van der Waals surface area (Å²) in [7, 11) is 0. The zero-order valence-electron chi connectivity index (χ0n) is 14.4. The highest BCUT2D eigenvalue weighted by molar-refractivity contribution is 7.03. The van der Waals surface area contributed by atoms with Crippen LogP contribution in [0.25, 0.3) is 0 Å². The molecule has 3 rings (SSSR count). The summed E-state index contributed by atoms with van der Waals surface area (Å²) >= 11 is 1.08. The van der Waals surface area contributed by atoms with Crippen molar-refractivity contribution >= 4 is 23.3 Å². The van der Waals surface area contributed by atoms with Gasteiger partial charge in [0.15, 0.2) is 5.69 Å². The molecule has 1 aromatic heterocycles. The van der Waals surface area contributed by atoms with E-state index >= 15 is 0 Å². The molecule has 0 radical (unpaired) electrons. The van der Waals surface area contributed by atoms with Crippen molar-refractivity contribution in [1.29, 1.82) is 0 Å². The lowest BCUT2D eigenvalue weighted by atomic mass is 9.95. The molecule has 8 heteroatoms. The molecule has 0 aliphatic heterocycles. The minimum absolute atomic E-state index is 0.0652. The van der Waals surface area contributed by atoms with Crippen molar-refractivity contribution in [3.05, 3.63) is 46.7 Å². The molecule has 1 fully saturated rings. The summed E-state index contributed by atoms with van der Waals surface area (Å²) < 4.78 is 16.8. The summed E-state index contributed by atoms with van der Waals surface area (Å²) in [5.41, 5.74) is 0.955. The average Bonchev–Trinajstić information content (AvgIpc) is 3.18. The molecule has 1 aromatic carbocycles. The second-order valence-corrected chi connectivity index (χ2v) is 7.09. The van der Waals surface area contributed by atoms with Gasteiger partial charge >= 0.3 is 0 Å². The molecule has 1 heterocycles. The second-order valence-electron chi connectivity index (χ2n) is 6.48. The van der Waals surface area contributed by atoms with Crippen molar-refractivity contribution < 1.29 is 14.0 Å². The number of nitrogens with zero attached hydrogens (tertiary/aromatic N) is 3. The predicted molar refractivity (Wildman–Crippen MR) is 96.1 cm³/mol. The summed E-state index contributed by atoms with van der Waals surface area (Å²) in [6.45, 7) is 0.138. The summed E-state index contributed by atoms with van der Waals surface area (Å²) in [6.07, 6.45) is 5.40. The monoisotopic (exact) mass is 376 g/mol. The van der Waals surface area contributed by atoms with Crippen molar-refractivity contribution in [3.63, 3.8) is 0 Å². The van der Waals surface area contributed by atoms with Crippen LogP contribution in [0.5, 0.6) is 0 Å². The topological polar surface area (TPSA) is 75.2 Å².